The van der Waals surface area contributed by atoms with E-state index < -0.39 is 0 Å². The van der Waals surface area contributed by atoms with Crippen LogP contribution in [0.5, 0.6) is 0 Å². The van der Waals surface area contributed by atoms with Crippen molar-refractivity contribution in [2.24, 2.45) is 11.8 Å². The van der Waals surface area contributed by atoms with Gasteiger partial charge in [0.15, 0.2) is 0 Å². The molecule has 0 saturated heterocycles. The Labute approximate surface area is 88.8 Å². The van der Waals surface area contributed by atoms with Gasteiger partial charge >= 0.3 is 0 Å². The number of allylic oxidation sites excluding steroid dienone is 2. The van der Waals surface area contributed by atoms with Crippen LogP contribution in [0.3, 0.4) is 0 Å². The number of rotatable bonds is 4. The van der Waals surface area contributed by atoms with Gasteiger partial charge in [-0.05, 0) is 37.5 Å². The van der Waals surface area contributed by atoms with E-state index in [1.54, 1.807) is 5.57 Å². The van der Waals surface area contributed by atoms with Crippen LogP contribution in [0.2, 0.25) is 0 Å². The van der Waals surface area contributed by atoms with E-state index in [9.17, 15) is 0 Å². The molecule has 0 N–H and O–H groups in total. The molecule has 1 saturated carbocycles. The quantitative estimate of drug-likeness (QED) is 0.566. The molecule has 1 unspecified atom stereocenters. The molecule has 0 spiro atoms. The summed E-state index contributed by atoms with van der Waals surface area (Å²) in [6, 6.07) is 0. The van der Waals surface area contributed by atoms with Gasteiger partial charge in [-0.1, -0.05) is 50.7 Å². The van der Waals surface area contributed by atoms with E-state index in [1.165, 1.54) is 51.4 Å². The van der Waals surface area contributed by atoms with Crippen molar-refractivity contribution < 1.29 is 0 Å². The van der Waals surface area contributed by atoms with Crippen LogP contribution in [0, 0.1) is 11.8 Å². The summed E-state index contributed by atoms with van der Waals surface area (Å²) < 4.78 is 0. The molecule has 0 aromatic rings. The fraction of sp³-hybridized carbons (Fsp3) is 0.857. The van der Waals surface area contributed by atoms with Crippen molar-refractivity contribution in [1.82, 2.24) is 0 Å². The Bertz CT molecular complexity index is 218. The minimum atomic E-state index is 0.904. The minimum Gasteiger partial charge on any atom is -0.0707 e. The molecule has 0 nitrogen and oxygen atoms in total. The number of hydrogen-bond acceptors (Lipinski definition) is 0. The molecule has 2 aliphatic carbocycles. The van der Waals surface area contributed by atoms with Gasteiger partial charge in [-0.15, -0.1) is 0 Å². The highest BCUT2D eigenvalue weighted by Crippen LogP contribution is 2.40. The Morgan fingerprint density at radius 1 is 1.21 bits per heavy atom. The Balaban J connectivity index is 1.85. The molecule has 0 heteroatoms. The van der Waals surface area contributed by atoms with Crippen LogP contribution < -0.4 is 0 Å². The molecule has 0 amide bonds. The smallest absolute Gasteiger partial charge is 0.0226 e. The fourth-order valence-corrected chi connectivity index (χ4v) is 3.33. The largest absolute Gasteiger partial charge is 0.0707 e. The van der Waals surface area contributed by atoms with E-state index in [1.807, 2.05) is 5.57 Å². The molecule has 0 bridgehead atoms. The maximum atomic E-state index is 2.46. The molecule has 14 heavy (non-hydrogen) atoms. The Morgan fingerprint density at radius 3 is 2.43 bits per heavy atom. The van der Waals surface area contributed by atoms with Gasteiger partial charge < -0.3 is 0 Å². The summed E-state index contributed by atoms with van der Waals surface area (Å²) in [6.07, 6.45) is 11.6. The van der Waals surface area contributed by atoms with Crippen LogP contribution in [-0.4, -0.2) is 0 Å². The minimum absolute atomic E-state index is 0.904. The molecule has 0 aromatic heterocycles. The highest BCUT2D eigenvalue weighted by molar-refractivity contribution is 5.26. The van der Waals surface area contributed by atoms with Gasteiger partial charge in [-0.3, -0.25) is 0 Å². The molecule has 0 radical (unpaired) electrons. The van der Waals surface area contributed by atoms with Gasteiger partial charge in [0.05, 0.1) is 0 Å². The second-order valence-electron chi connectivity index (χ2n) is 5.27. The zero-order valence-electron chi connectivity index (χ0n) is 9.81. The van der Waals surface area contributed by atoms with Crippen molar-refractivity contribution >= 4 is 0 Å². The molecular formula is C14H24. The van der Waals surface area contributed by atoms with Gasteiger partial charge in [0.2, 0.25) is 0 Å². The average molecular weight is 192 g/mol. The normalized spacial score (nSPS) is 25.3. The second-order valence-corrected chi connectivity index (χ2v) is 5.27. The molecule has 0 aromatic carbocycles. The zero-order chi connectivity index (χ0) is 9.97. The molecule has 80 valence electrons. The van der Waals surface area contributed by atoms with E-state index in [2.05, 4.69) is 13.8 Å². The summed E-state index contributed by atoms with van der Waals surface area (Å²) >= 11 is 0. The van der Waals surface area contributed by atoms with Crippen LogP contribution in [0.1, 0.15) is 65.2 Å². The first kappa shape index (κ1) is 10.3. The first-order chi connectivity index (χ1) is 6.81. The lowest BCUT2D eigenvalue weighted by molar-refractivity contribution is 0.412. The lowest BCUT2D eigenvalue weighted by Gasteiger charge is -2.30. The van der Waals surface area contributed by atoms with E-state index in [-0.39, 0.29) is 0 Å². The molecule has 1 fully saturated rings. The van der Waals surface area contributed by atoms with E-state index in [4.69, 9.17) is 0 Å². The van der Waals surface area contributed by atoms with Gasteiger partial charge in [0.25, 0.3) is 0 Å². The third-order valence-corrected chi connectivity index (χ3v) is 4.33. The summed E-state index contributed by atoms with van der Waals surface area (Å²) in [5, 5.41) is 0. The maximum Gasteiger partial charge on any atom is -0.0226 e. The Hall–Kier alpha value is -0.260. The van der Waals surface area contributed by atoms with Crippen LogP contribution in [-0.2, 0) is 0 Å². The standard InChI is InChI=1S/C14H24/c1-3-13-8-9-14(13)11(2)10-12-6-4-5-7-12/h11-12H,3-10H2,1-2H3. The Morgan fingerprint density at radius 2 is 1.93 bits per heavy atom. The molecule has 0 aliphatic heterocycles. The van der Waals surface area contributed by atoms with Crippen molar-refractivity contribution in [3.63, 3.8) is 0 Å². The first-order valence-corrected chi connectivity index (χ1v) is 6.52. The Kier molecular flexibility index (Phi) is 3.30. The predicted octanol–water partition coefficient (Wildman–Crippen LogP) is 4.70. The highest BCUT2D eigenvalue weighted by atomic mass is 14.3. The molecule has 2 aliphatic rings. The van der Waals surface area contributed by atoms with Gasteiger partial charge in [-0.2, -0.15) is 0 Å². The van der Waals surface area contributed by atoms with Crippen LogP contribution >= 0.6 is 0 Å². The first-order valence-electron chi connectivity index (χ1n) is 6.52. The van der Waals surface area contributed by atoms with Crippen LogP contribution in [0.25, 0.3) is 0 Å². The average Bonchev–Trinajstić information content (AvgIpc) is 2.55. The third-order valence-electron chi connectivity index (χ3n) is 4.33. The monoisotopic (exact) mass is 192 g/mol. The highest BCUT2D eigenvalue weighted by Gasteiger charge is 2.24. The molecular weight excluding hydrogens is 168 g/mol. The summed E-state index contributed by atoms with van der Waals surface area (Å²) in [4.78, 5) is 0. The summed E-state index contributed by atoms with van der Waals surface area (Å²) in [6.45, 7) is 4.78. The van der Waals surface area contributed by atoms with Crippen molar-refractivity contribution in [2.45, 2.75) is 65.2 Å². The molecule has 0 heterocycles. The summed E-state index contributed by atoms with van der Waals surface area (Å²) in [5.74, 6) is 1.97. The van der Waals surface area contributed by atoms with Gasteiger partial charge in [-0.25, -0.2) is 0 Å². The van der Waals surface area contributed by atoms with Crippen molar-refractivity contribution in [3.8, 4) is 0 Å². The van der Waals surface area contributed by atoms with E-state index in [0.29, 0.717) is 0 Å². The van der Waals surface area contributed by atoms with Gasteiger partial charge in [0.1, 0.15) is 0 Å². The van der Waals surface area contributed by atoms with Crippen LogP contribution in [0.15, 0.2) is 11.1 Å². The van der Waals surface area contributed by atoms with E-state index in [0.717, 1.165) is 11.8 Å². The maximum absolute atomic E-state index is 2.46. The molecule has 2 rings (SSSR count). The molecule has 1 atom stereocenters. The van der Waals surface area contributed by atoms with Crippen molar-refractivity contribution in [2.75, 3.05) is 0 Å². The third kappa shape index (κ3) is 2.04. The lowest BCUT2D eigenvalue weighted by atomic mass is 9.76. The summed E-state index contributed by atoms with van der Waals surface area (Å²) in [5.41, 5.74) is 3.62. The van der Waals surface area contributed by atoms with Crippen molar-refractivity contribution in [1.29, 1.82) is 0 Å². The lowest BCUT2D eigenvalue weighted by Crippen LogP contribution is -2.14. The zero-order valence-corrected chi connectivity index (χ0v) is 9.81. The van der Waals surface area contributed by atoms with Crippen molar-refractivity contribution in [3.05, 3.63) is 11.1 Å². The predicted molar refractivity (Wildman–Crippen MR) is 62.3 cm³/mol. The van der Waals surface area contributed by atoms with E-state index >= 15 is 0 Å². The van der Waals surface area contributed by atoms with Gasteiger partial charge in [0, 0.05) is 0 Å². The SMILES string of the molecule is CCC1=C(C(C)CC2CCCC2)CC1. The fourth-order valence-electron chi connectivity index (χ4n) is 3.33. The second kappa shape index (κ2) is 4.51. The number of hydrogen-bond donors (Lipinski definition) is 0. The summed E-state index contributed by atoms with van der Waals surface area (Å²) in [7, 11) is 0. The van der Waals surface area contributed by atoms with Crippen LogP contribution in [0.4, 0.5) is 0 Å². The topological polar surface area (TPSA) is 0 Å².